The number of benzene rings is 2. The van der Waals surface area contributed by atoms with E-state index in [-0.39, 0.29) is 11.8 Å². The van der Waals surface area contributed by atoms with Crippen LogP contribution in [0.3, 0.4) is 0 Å². The molecular weight excluding hydrogens is 384 g/mol. The van der Waals surface area contributed by atoms with Gasteiger partial charge < -0.3 is 14.2 Å². The first-order valence-corrected chi connectivity index (χ1v) is 10.1. The molecule has 1 saturated heterocycles. The van der Waals surface area contributed by atoms with Gasteiger partial charge in [0.25, 0.3) is 11.8 Å². The highest BCUT2D eigenvalue weighted by atomic mass is 16.5. The predicted octanol–water partition coefficient (Wildman–Crippen LogP) is 3.03. The van der Waals surface area contributed by atoms with Crippen LogP contribution in [0, 0.1) is 0 Å². The molecule has 2 aliphatic rings. The Hall–Kier alpha value is -3.22. The minimum atomic E-state index is -0.522. The molecule has 0 unspecified atom stereocenters. The first kappa shape index (κ1) is 20.1. The molecule has 1 heterocycles. The van der Waals surface area contributed by atoms with Crippen molar-refractivity contribution in [3.8, 4) is 17.2 Å². The van der Waals surface area contributed by atoms with Gasteiger partial charge in [0.1, 0.15) is 0 Å². The molecule has 0 radical (unpaired) electrons. The molecule has 30 heavy (non-hydrogen) atoms. The number of amides is 2. The zero-order valence-corrected chi connectivity index (χ0v) is 17.5. The van der Waals surface area contributed by atoms with Crippen molar-refractivity contribution in [2.45, 2.75) is 24.7 Å². The van der Waals surface area contributed by atoms with Crippen LogP contribution in [-0.4, -0.2) is 56.3 Å². The van der Waals surface area contributed by atoms with Gasteiger partial charge in [0.15, 0.2) is 11.5 Å². The molecule has 7 nitrogen and oxygen atoms in total. The topological polar surface area (TPSA) is 68.3 Å². The average Bonchev–Trinajstić information content (AvgIpc) is 3.47. The van der Waals surface area contributed by atoms with Crippen LogP contribution in [0.4, 0.5) is 0 Å². The van der Waals surface area contributed by atoms with E-state index >= 15 is 0 Å². The van der Waals surface area contributed by atoms with Gasteiger partial charge in [0, 0.05) is 13.1 Å². The molecule has 0 spiro atoms. The van der Waals surface area contributed by atoms with Crippen LogP contribution in [0.1, 0.15) is 35.2 Å². The average molecular weight is 410 g/mol. The van der Waals surface area contributed by atoms with E-state index in [4.69, 9.17) is 14.2 Å². The van der Waals surface area contributed by atoms with E-state index in [2.05, 4.69) is 0 Å². The molecule has 2 fully saturated rings. The van der Waals surface area contributed by atoms with Crippen LogP contribution < -0.4 is 14.2 Å². The van der Waals surface area contributed by atoms with Gasteiger partial charge in [-0.25, -0.2) is 5.01 Å². The minimum absolute atomic E-state index is 0.0148. The standard InChI is InChI=1S/C23H26N2O5/c1-28-18-11-10-17(19(29-2)20(18)30-3)21(26)24-14-7-15-25(24)22(27)23(12-13-23)16-8-5-4-6-9-16/h4-6,8-11H,7,12-15H2,1-3H3. The first-order chi connectivity index (χ1) is 14.6. The number of hydrogen-bond donors (Lipinski definition) is 0. The molecule has 0 aromatic heterocycles. The molecule has 1 aliphatic heterocycles. The quantitative estimate of drug-likeness (QED) is 0.732. The van der Waals surface area contributed by atoms with Crippen LogP contribution in [0.2, 0.25) is 0 Å². The van der Waals surface area contributed by atoms with E-state index in [1.54, 1.807) is 17.1 Å². The predicted molar refractivity (Wildman–Crippen MR) is 111 cm³/mol. The van der Waals surface area contributed by atoms with Gasteiger partial charge in [0.05, 0.1) is 32.3 Å². The third-order valence-corrected chi connectivity index (χ3v) is 5.92. The monoisotopic (exact) mass is 410 g/mol. The maximum atomic E-state index is 13.5. The Bertz CT molecular complexity index is 956. The van der Waals surface area contributed by atoms with Crippen LogP contribution >= 0.6 is 0 Å². The second kappa shape index (κ2) is 7.89. The highest BCUT2D eigenvalue weighted by Crippen LogP contribution is 2.50. The van der Waals surface area contributed by atoms with E-state index in [1.165, 1.54) is 26.3 Å². The number of hydrazine groups is 1. The molecule has 2 amide bonds. The summed E-state index contributed by atoms with van der Waals surface area (Å²) >= 11 is 0. The molecule has 2 aromatic rings. The molecule has 2 aromatic carbocycles. The normalized spacial score (nSPS) is 16.9. The van der Waals surface area contributed by atoms with Crippen LogP contribution in [0.25, 0.3) is 0 Å². The number of carbonyl (C=O) groups excluding carboxylic acids is 2. The molecule has 1 saturated carbocycles. The summed E-state index contributed by atoms with van der Waals surface area (Å²) < 4.78 is 16.2. The molecule has 4 rings (SSSR count). The summed E-state index contributed by atoms with van der Waals surface area (Å²) in [7, 11) is 4.50. The number of rotatable bonds is 6. The minimum Gasteiger partial charge on any atom is -0.493 e. The van der Waals surface area contributed by atoms with E-state index < -0.39 is 5.41 Å². The summed E-state index contributed by atoms with van der Waals surface area (Å²) in [6.45, 7) is 1.00. The second-order valence-electron chi connectivity index (χ2n) is 7.54. The second-order valence-corrected chi connectivity index (χ2v) is 7.54. The third kappa shape index (κ3) is 3.14. The van der Waals surface area contributed by atoms with Crippen molar-refractivity contribution in [3.63, 3.8) is 0 Å². The summed E-state index contributed by atoms with van der Waals surface area (Å²) in [5.74, 6) is 0.819. The molecule has 0 atom stereocenters. The Kier molecular flexibility index (Phi) is 5.28. The Balaban J connectivity index is 1.65. The van der Waals surface area contributed by atoms with Crippen molar-refractivity contribution in [2.75, 3.05) is 34.4 Å². The summed E-state index contributed by atoms with van der Waals surface area (Å²) in [6.07, 6.45) is 2.33. The van der Waals surface area contributed by atoms with Gasteiger partial charge in [-0.05, 0) is 37.0 Å². The van der Waals surface area contributed by atoms with Crippen molar-refractivity contribution < 1.29 is 23.8 Å². The van der Waals surface area contributed by atoms with Gasteiger partial charge in [0.2, 0.25) is 5.75 Å². The SMILES string of the molecule is COc1ccc(C(=O)N2CCCN2C(=O)C2(c3ccccc3)CC2)c(OC)c1OC. The lowest BCUT2D eigenvalue weighted by Gasteiger charge is -2.32. The van der Waals surface area contributed by atoms with Gasteiger partial charge >= 0.3 is 0 Å². The third-order valence-electron chi connectivity index (χ3n) is 5.92. The zero-order valence-electron chi connectivity index (χ0n) is 17.5. The van der Waals surface area contributed by atoms with Crippen molar-refractivity contribution in [3.05, 3.63) is 53.6 Å². The van der Waals surface area contributed by atoms with Gasteiger partial charge in [-0.3, -0.25) is 14.6 Å². The van der Waals surface area contributed by atoms with Crippen LogP contribution in [0.5, 0.6) is 17.2 Å². The lowest BCUT2D eigenvalue weighted by molar-refractivity contribution is -0.143. The number of hydrogen-bond acceptors (Lipinski definition) is 5. The maximum Gasteiger partial charge on any atom is 0.276 e. The number of ether oxygens (including phenoxy) is 3. The van der Waals surface area contributed by atoms with E-state index in [0.717, 1.165) is 24.8 Å². The lowest BCUT2D eigenvalue weighted by atomic mass is 9.95. The molecule has 0 bridgehead atoms. The Morgan fingerprint density at radius 3 is 2.10 bits per heavy atom. The molecule has 1 aliphatic carbocycles. The van der Waals surface area contributed by atoms with E-state index in [0.29, 0.717) is 35.9 Å². The van der Waals surface area contributed by atoms with Gasteiger partial charge in [-0.15, -0.1) is 0 Å². The summed E-state index contributed by atoms with van der Waals surface area (Å²) in [4.78, 5) is 27.0. The smallest absolute Gasteiger partial charge is 0.276 e. The fourth-order valence-electron chi connectivity index (χ4n) is 4.20. The fraction of sp³-hybridized carbons (Fsp3) is 0.391. The number of carbonyl (C=O) groups is 2. The Morgan fingerprint density at radius 1 is 0.833 bits per heavy atom. The van der Waals surface area contributed by atoms with Gasteiger partial charge in [-0.1, -0.05) is 30.3 Å². The zero-order chi connectivity index (χ0) is 21.3. The van der Waals surface area contributed by atoms with Crippen molar-refractivity contribution >= 4 is 11.8 Å². The van der Waals surface area contributed by atoms with Crippen LogP contribution in [-0.2, 0) is 10.2 Å². The molecule has 158 valence electrons. The molecule has 7 heteroatoms. The van der Waals surface area contributed by atoms with Crippen LogP contribution in [0.15, 0.2) is 42.5 Å². The van der Waals surface area contributed by atoms with Crippen molar-refractivity contribution in [2.24, 2.45) is 0 Å². The highest BCUT2D eigenvalue weighted by Gasteiger charge is 2.55. The highest BCUT2D eigenvalue weighted by molar-refractivity contribution is 6.00. The number of nitrogens with zero attached hydrogens (tertiary/aromatic N) is 2. The Labute approximate surface area is 176 Å². The molecule has 0 N–H and O–H groups in total. The summed E-state index contributed by atoms with van der Waals surface area (Å²) in [5, 5.41) is 3.15. The molecular formula is C23H26N2O5. The van der Waals surface area contributed by atoms with Gasteiger partial charge in [-0.2, -0.15) is 0 Å². The first-order valence-electron chi connectivity index (χ1n) is 10.1. The van der Waals surface area contributed by atoms with Crippen molar-refractivity contribution in [1.82, 2.24) is 10.0 Å². The van der Waals surface area contributed by atoms with E-state index in [1.807, 2.05) is 30.3 Å². The van der Waals surface area contributed by atoms with E-state index in [9.17, 15) is 9.59 Å². The largest absolute Gasteiger partial charge is 0.493 e. The fourth-order valence-corrected chi connectivity index (χ4v) is 4.20. The summed E-state index contributed by atoms with van der Waals surface area (Å²) in [5.41, 5.74) is 0.823. The Morgan fingerprint density at radius 2 is 1.50 bits per heavy atom. The van der Waals surface area contributed by atoms with Crippen molar-refractivity contribution in [1.29, 1.82) is 0 Å². The number of methoxy groups -OCH3 is 3. The summed E-state index contributed by atoms with van der Waals surface area (Å²) in [6, 6.07) is 13.1. The maximum absolute atomic E-state index is 13.5. The lowest BCUT2D eigenvalue weighted by Crippen LogP contribution is -2.49.